The number of benzene rings is 1. The van der Waals surface area contributed by atoms with Crippen molar-refractivity contribution in [3.63, 3.8) is 0 Å². The van der Waals surface area contributed by atoms with Crippen molar-refractivity contribution in [2.45, 2.75) is 6.42 Å². The molecule has 0 amide bonds. The maximum Gasteiger partial charge on any atom is 0.317 e. The molecule has 0 atom stereocenters. The third-order valence-electron chi connectivity index (χ3n) is 2.79. The van der Waals surface area contributed by atoms with Crippen LogP contribution in [0, 0.1) is 0 Å². The molecule has 2 rings (SSSR count). The fraction of sp³-hybridized carbons (Fsp3) is 0.462. The van der Waals surface area contributed by atoms with Crippen molar-refractivity contribution in [1.29, 1.82) is 0 Å². The van der Waals surface area contributed by atoms with Crippen LogP contribution in [0.15, 0.2) is 18.2 Å². The number of rotatable bonds is 5. The van der Waals surface area contributed by atoms with Crippen LogP contribution in [-0.2, 0) is 11.2 Å². The van der Waals surface area contributed by atoms with Crippen LogP contribution < -0.4 is 9.47 Å². The molecule has 0 spiro atoms. The first-order chi connectivity index (χ1) is 8.65. The normalized spacial score (nSPS) is 13.7. The number of fused-ring (bicyclic) bond motifs is 1. The molecule has 0 bridgehead atoms. The highest BCUT2D eigenvalue weighted by atomic mass is 16.6. The van der Waals surface area contributed by atoms with Crippen molar-refractivity contribution in [2.24, 2.45) is 0 Å². The minimum Gasteiger partial charge on any atom is -0.486 e. The Morgan fingerprint density at radius 1 is 1.33 bits per heavy atom. The highest BCUT2D eigenvalue weighted by Crippen LogP contribution is 2.30. The second kappa shape index (κ2) is 5.73. The third kappa shape index (κ3) is 3.37. The molecule has 5 nitrogen and oxygen atoms in total. The molecule has 1 N–H and O–H groups in total. The number of ether oxygens (including phenoxy) is 2. The smallest absolute Gasteiger partial charge is 0.317 e. The lowest BCUT2D eigenvalue weighted by atomic mass is 10.1. The molecule has 1 aromatic rings. The number of hydrogen-bond acceptors (Lipinski definition) is 4. The molecule has 5 heteroatoms. The molecule has 0 saturated heterocycles. The number of carboxylic acid groups (broad SMARTS) is 1. The van der Waals surface area contributed by atoms with Crippen LogP contribution in [-0.4, -0.2) is 49.3 Å². The van der Waals surface area contributed by atoms with Gasteiger partial charge in [-0.1, -0.05) is 6.07 Å². The minimum atomic E-state index is -0.806. The fourth-order valence-corrected chi connectivity index (χ4v) is 1.87. The van der Waals surface area contributed by atoms with E-state index in [4.69, 9.17) is 14.6 Å². The quantitative estimate of drug-likeness (QED) is 0.846. The molecule has 1 aromatic carbocycles. The first-order valence-electron chi connectivity index (χ1n) is 5.94. The van der Waals surface area contributed by atoms with Gasteiger partial charge in [0, 0.05) is 6.54 Å². The van der Waals surface area contributed by atoms with Gasteiger partial charge in [0.1, 0.15) is 13.2 Å². The fourth-order valence-electron chi connectivity index (χ4n) is 1.87. The van der Waals surface area contributed by atoms with Crippen LogP contribution in [0.5, 0.6) is 11.5 Å². The van der Waals surface area contributed by atoms with Gasteiger partial charge in [-0.05, 0) is 31.2 Å². The number of hydrogen-bond donors (Lipinski definition) is 1. The van der Waals surface area contributed by atoms with E-state index in [0.29, 0.717) is 19.8 Å². The van der Waals surface area contributed by atoms with Gasteiger partial charge in [-0.25, -0.2) is 0 Å². The zero-order valence-corrected chi connectivity index (χ0v) is 10.4. The molecule has 0 unspecified atom stereocenters. The lowest BCUT2D eigenvalue weighted by Crippen LogP contribution is -2.27. The molecule has 0 fully saturated rings. The maximum atomic E-state index is 10.5. The molecule has 0 aliphatic carbocycles. The van der Waals surface area contributed by atoms with Gasteiger partial charge in [0.25, 0.3) is 0 Å². The summed E-state index contributed by atoms with van der Waals surface area (Å²) in [6, 6.07) is 5.85. The van der Waals surface area contributed by atoms with Crippen molar-refractivity contribution in [3.05, 3.63) is 23.8 Å². The highest BCUT2D eigenvalue weighted by Gasteiger charge is 2.12. The summed E-state index contributed by atoms with van der Waals surface area (Å²) in [5.74, 6) is 0.753. The summed E-state index contributed by atoms with van der Waals surface area (Å²) in [5.41, 5.74) is 1.12. The summed E-state index contributed by atoms with van der Waals surface area (Å²) in [6.45, 7) is 1.93. The van der Waals surface area contributed by atoms with E-state index in [1.54, 1.807) is 11.9 Å². The summed E-state index contributed by atoms with van der Waals surface area (Å²) >= 11 is 0. The topological polar surface area (TPSA) is 59.0 Å². The molecular formula is C13H17NO4. The number of carboxylic acids is 1. The first kappa shape index (κ1) is 12.7. The van der Waals surface area contributed by atoms with Gasteiger partial charge in [0.2, 0.25) is 0 Å². The van der Waals surface area contributed by atoms with Crippen molar-refractivity contribution in [2.75, 3.05) is 33.4 Å². The molecule has 0 radical (unpaired) electrons. The van der Waals surface area contributed by atoms with E-state index >= 15 is 0 Å². The zero-order chi connectivity index (χ0) is 13.0. The standard InChI is InChI=1S/C13H17NO4/c1-14(9-13(15)16)5-4-10-2-3-11-12(8-10)18-7-6-17-11/h2-3,8H,4-7,9H2,1H3,(H,15,16). The van der Waals surface area contributed by atoms with Crippen LogP contribution in [0.1, 0.15) is 5.56 Å². The lowest BCUT2D eigenvalue weighted by molar-refractivity contribution is -0.137. The average Bonchev–Trinajstić information content (AvgIpc) is 2.35. The number of aliphatic carboxylic acids is 1. The van der Waals surface area contributed by atoms with Gasteiger partial charge in [-0.3, -0.25) is 9.69 Å². The molecule has 1 aliphatic heterocycles. The SMILES string of the molecule is CN(CCc1ccc2c(c1)OCCO2)CC(=O)O. The van der Waals surface area contributed by atoms with Crippen molar-refractivity contribution < 1.29 is 19.4 Å². The van der Waals surface area contributed by atoms with E-state index in [-0.39, 0.29) is 6.54 Å². The minimum absolute atomic E-state index is 0.0601. The Labute approximate surface area is 106 Å². The molecule has 1 heterocycles. The first-order valence-corrected chi connectivity index (χ1v) is 5.94. The van der Waals surface area contributed by atoms with E-state index in [1.807, 2.05) is 18.2 Å². The van der Waals surface area contributed by atoms with Crippen LogP contribution in [0.3, 0.4) is 0 Å². The van der Waals surface area contributed by atoms with Crippen LogP contribution >= 0.6 is 0 Å². The van der Waals surface area contributed by atoms with Gasteiger partial charge < -0.3 is 14.6 Å². The summed E-state index contributed by atoms with van der Waals surface area (Å²) in [6.07, 6.45) is 0.792. The monoisotopic (exact) mass is 251 g/mol. The molecule has 18 heavy (non-hydrogen) atoms. The predicted molar refractivity (Wildman–Crippen MR) is 66.3 cm³/mol. The van der Waals surface area contributed by atoms with E-state index in [9.17, 15) is 4.79 Å². The Morgan fingerprint density at radius 3 is 2.78 bits per heavy atom. The van der Waals surface area contributed by atoms with Gasteiger partial charge in [-0.2, -0.15) is 0 Å². The van der Waals surface area contributed by atoms with Gasteiger partial charge in [-0.15, -0.1) is 0 Å². The molecule has 0 saturated carbocycles. The van der Waals surface area contributed by atoms with Gasteiger partial charge in [0.15, 0.2) is 11.5 Å². The second-order valence-electron chi connectivity index (χ2n) is 4.36. The van der Waals surface area contributed by atoms with E-state index in [0.717, 1.165) is 23.5 Å². The summed E-state index contributed by atoms with van der Waals surface area (Å²) in [4.78, 5) is 12.3. The molecule has 98 valence electrons. The van der Waals surface area contributed by atoms with Crippen LogP contribution in [0.25, 0.3) is 0 Å². The Morgan fingerprint density at radius 2 is 2.06 bits per heavy atom. The summed E-state index contributed by atoms with van der Waals surface area (Å²) in [7, 11) is 1.80. The Kier molecular flexibility index (Phi) is 4.04. The van der Waals surface area contributed by atoms with Crippen LogP contribution in [0.4, 0.5) is 0 Å². The maximum absolute atomic E-state index is 10.5. The number of nitrogens with zero attached hydrogens (tertiary/aromatic N) is 1. The van der Waals surface area contributed by atoms with Crippen molar-refractivity contribution >= 4 is 5.97 Å². The summed E-state index contributed by atoms with van der Waals surface area (Å²) in [5, 5.41) is 8.66. The summed E-state index contributed by atoms with van der Waals surface area (Å²) < 4.78 is 10.9. The lowest BCUT2D eigenvalue weighted by Gasteiger charge is -2.19. The highest BCUT2D eigenvalue weighted by molar-refractivity contribution is 5.69. The van der Waals surface area contributed by atoms with E-state index in [1.165, 1.54) is 0 Å². The van der Waals surface area contributed by atoms with Gasteiger partial charge in [0.05, 0.1) is 6.54 Å². The van der Waals surface area contributed by atoms with Crippen molar-refractivity contribution in [3.8, 4) is 11.5 Å². The Balaban J connectivity index is 1.91. The van der Waals surface area contributed by atoms with E-state index < -0.39 is 5.97 Å². The molecular weight excluding hydrogens is 234 g/mol. The predicted octanol–water partition coefficient (Wildman–Crippen LogP) is 1.02. The zero-order valence-electron chi connectivity index (χ0n) is 10.4. The second-order valence-corrected chi connectivity index (χ2v) is 4.36. The third-order valence-corrected chi connectivity index (χ3v) is 2.79. The Hall–Kier alpha value is -1.75. The number of carbonyl (C=O) groups is 1. The van der Waals surface area contributed by atoms with Gasteiger partial charge >= 0.3 is 5.97 Å². The van der Waals surface area contributed by atoms with E-state index in [2.05, 4.69) is 0 Å². The van der Waals surface area contributed by atoms with Crippen molar-refractivity contribution in [1.82, 2.24) is 4.90 Å². The van der Waals surface area contributed by atoms with Crippen LogP contribution in [0.2, 0.25) is 0 Å². The average molecular weight is 251 g/mol. The Bertz CT molecular complexity index is 433. The molecule has 1 aliphatic rings. The number of likely N-dealkylation sites (N-methyl/N-ethyl adjacent to an activating group) is 1. The largest absolute Gasteiger partial charge is 0.486 e. The molecule has 0 aromatic heterocycles.